The van der Waals surface area contributed by atoms with Crippen molar-refractivity contribution >= 4 is 5.97 Å². The molecule has 1 heterocycles. The largest absolute Gasteiger partial charge is 0.480 e. The molecule has 1 aliphatic heterocycles. The Kier molecular flexibility index (Phi) is 3.70. The first kappa shape index (κ1) is 13.8. The first-order valence-electron chi connectivity index (χ1n) is 7.05. The molecule has 2 aliphatic rings. The van der Waals surface area contributed by atoms with Crippen LogP contribution in [-0.4, -0.2) is 46.3 Å². The number of hydrogen-bond acceptors (Lipinski definition) is 3. The van der Waals surface area contributed by atoms with Crippen LogP contribution in [0.1, 0.15) is 52.9 Å². The maximum Gasteiger partial charge on any atom is 0.323 e. The van der Waals surface area contributed by atoms with Crippen LogP contribution >= 0.6 is 0 Å². The predicted molar refractivity (Wildman–Crippen MR) is 69.7 cm³/mol. The zero-order valence-electron chi connectivity index (χ0n) is 11.7. The van der Waals surface area contributed by atoms with Crippen molar-refractivity contribution in [3.05, 3.63) is 0 Å². The van der Waals surface area contributed by atoms with Gasteiger partial charge in [0, 0.05) is 12.6 Å². The second-order valence-corrected chi connectivity index (χ2v) is 6.18. The van der Waals surface area contributed by atoms with E-state index in [0.29, 0.717) is 6.04 Å². The van der Waals surface area contributed by atoms with Crippen molar-refractivity contribution in [3.8, 4) is 0 Å². The number of aliphatic carboxylic acids is 1. The van der Waals surface area contributed by atoms with E-state index in [4.69, 9.17) is 4.74 Å². The standard InChI is InChI=1S/C14H25NO3/c1-4-15(13(2,3)12(16)17)11-6-9-18-14(10-11)7-5-8-14/h11H,4-10H2,1-3H3,(H,16,17). The monoisotopic (exact) mass is 255 g/mol. The molecule has 1 saturated heterocycles. The van der Waals surface area contributed by atoms with Crippen molar-refractivity contribution < 1.29 is 14.6 Å². The van der Waals surface area contributed by atoms with Crippen molar-refractivity contribution in [3.63, 3.8) is 0 Å². The highest BCUT2D eigenvalue weighted by molar-refractivity contribution is 5.77. The lowest BCUT2D eigenvalue weighted by Gasteiger charge is -2.51. The number of likely N-dealkylation sites (N-methyl/N-ethyl adjacent to an activating group) is 1. The van der Waals surface area contributed by atoms with Crippen LogP contribution in [0.4, 0.5) is 0 Å². The van der Waals surface area contributed by atoms with E-state index in [1.54, 1.807) is 0 Å². The summed E-state index contributed by atoms with van der Waals surface area (Å²) in [6.07, 6.45) is 5.49. The van der Waals surface area contributed by atoms with Gasteiger partial charge in [-0.15, -0.1) is 0 Å². The molecule has 0 aromatic rings. The van der Waals surface area contributed by atoms with Crippen molar-refractivity contribution in [2.75, 3.05) is 13.2 Å². The molecule has 2 fully saturated rings. The van der Waals surface area contributed by atoms with Crippen LogP contribution in [0.3, 0.4) is 0 Å². The van der Waals surface area contributed by atoms with Crippen LogP contribution in [0.25, 0.3) is 0 Å². The molecule has 1 aliphatic carbocycles. The molecule has 0 amide bonds. The van der Waals surface area contributed by atoms with E-state index in [1.807, 2.05) is 20.8 Å². The Balaban J connectivity index is 2.10. The maximum atomic E-state index is 11.4. The van der Waals surface area contributed by atoms with Gasteiger partial charge in [-0.3, -0.25) is 9.69 Å². The SMILES string of the molecule is CCN(C1CCOC2(CCC2)C1)C(C)(C)C(=O)O. The Morgan fingerprint density at radius 3 is 2.61 bits per heavy atom. The summed E-state index contributed by atoms with van der Waals surface area (Å²) in [6.45, 7) is 7.22. The van der Waals surface area contributed by atoms with E-state index >= 15 is 0 Å². The molecule has 0 aromatic carbocycles. The van der Waals surface area contributed by atoms with Gasteiger partial charge in [0.2, 0.25) is 0 Å². The van der Waals surface area contributed by atoms with Gasteiger partial charge < -0.3 is 9.84 Å². The second-order valence-electron chi connectivity index (χ2n) is 6.18. The van der Waals surface area contributed by atoms with E-state index in [2.05, 4.69) is 4.90 Å². The van der Waals surface area contributed by atoms with Crippen molar-refractivity contribution in [1.82, 2.24) is 4.90 Å². The molecule has 0 radical (unpaired) electrons. The zero-order valence-corrected chi connectivity index (χ0v) is 11.7. The van der Waals surface area contributed by atoms with Crippen LogP contribution in [0, 0.1) is 0 Å². The third kappa shape index (κ3) is 2.28. The molecule has 104 valence electrons. The van der Waals surface area contributed by atoms with E-state index in [9.17, 15) is 9.90 Å². The van der Waals surface area contributed by atoms with Gasteiger partial charge in [-0.1, -0.05) is 6.92 Å². The summed E-state index contributed by atoms with van der Waals surface area (Å²) in [4.78, 5) is 13.6. The third-order valence-corrected chi connectivity index (χ3v) is 4.75. The van der Waals surface area contributed by atoms with E-state index < -0.39 is 11.5 Å². The van der Waals surface area contributed by atoms with Gasteiger partial charge in [0.05, 0.1) is 5.60 Å². The summed E-state index contributed by atoms with van der Waals surface area (Å²) in [6, 6.07) is 0.343. The topological polar surface area (TPSA) is 49.8 Å². The van der Waals surface area contributed by atoms with Crippen LogP contribution < -0.4 is 0 Å². The van der Waals surface area contributed by atoms with Gasteiger partial charge in [-0.2, -0.15) is 0 Å². The molecule has 0 bridgehead atoms. The minimum absolute atomic E-state index is 0.0743. The average Bonchev–Trinajstić information content (AvgIpc) is 2.28. The lowest BCUT2D eigenvalue weighted by molar-refractivity contribution is -0.168. The molecule has 1 unspecified atom stereocenters. The summed E-state index contributed by atoms with van der Waals surface area (Å²) >= 11 is 0. The van der Waals surface area contributed by atoms with Crippen molar-refractivity contribution in [2.45, 2.75) is 70.1 Å². The van der Waals surface area contributed by atoms with Crippen LogP contribution in [0.15, 0.2) is 0 Å². The molecular weight excluding hydrogens is 230 g/mol. The molecule has 4 heteroatoms. The first-order chi connectivity index (χ1) is 8.41. The summed E-state index contributed by atoms with van der Waals surface area (Å²) in [7, 11) is 0. The fourth-order valence-electron chi connectivity index (χ4n) is 3.42. The first-order valence-corrected chi connectivity index (χ1v) is 7.05. The Hall–Kier alpha value is -0.610. The van der Waals surface area contributed by atoms with Crippen molar-refractivity contribution in [2.24, 2.45) is 0 Å². The normalized spacial score (nSPS) is 27.2. The van der Waals surface area contributed by atoms with Crippen LogP contribution in [0.5, 0.6) is 0 Å². The number of carboxylic acids is 1. The molecule has 1 atom stereocenters. The number of hydrogen-bond donors (Lipinski definition) is 1. The molecule has 18 heavy (non-hydrogen) atoms. The fourth-order valence-corrected chi connectivity index (χ4v) is 3.42. The molecule has 2 rings (SSSR count). The smallest absolute Gasteiger partial charge is 0.323 e. The second kappa shape index (κ2) is 4.82. The van der Waals surface area contributed by atoms with Gasteiger partial charge in [0.1, 0.15) is 5.54 Å². The summed E-state index contributed by atoms with van der Waals surface area (Å²) in [5, 5.41) is 9.40. The summed E-state index contributed by atoms with van der Waals surface area (Å²) in [5.41, 5.74) is -0.716. The Labute approximate surface area is 109 Å². The highest BCUT2D eigenvalue weighted by atomic mass is 16.5. The highest BCUT2D eigenvalue weighted by Gasteiger charge is 2.47. The van der Waals surface area contributed by atoms with Gasteiger partial charge in [0.15, 0.2) is 0 Å². The van der Waals surface area contributed by atoms with Crippen molar-refractivity contribution in [1.29, 1.82) is 0 Å². The number of rotatable bonds is 4. The van der Waals surface area contributed by atoms with Crippen LogP contribution in [-0.2, 0) is 9.53 Å². The number of carboxylic acid groups (broad SMARTS) is 1. The third-order valence-electron chi connectivity index (χ3n) is 4.75. The average molecular weight is 255 g/mol. The Bertz CT molecular complexity index is 323. The van der Waals surface area contributed by atoms with E-state index in [-0.39, 0.29) is 5.60 Å². The molecule has 4 nitrogen and oxygen atoms in total. The molecule has 1 saturated carbocycles. The zero-order chi connectivity index (χ0) is 13.4. The fraction of sp³-hybridized carbons (Fsp3) is 0.929. The Morgan fingerprint density at radius 2 is 2.17 bits per heavy atom. The molecule has 1 spiro atoms. The highest BCUT2D eigenvalue weighted by Crippen LogP contribution is 2.44. The minimum Gasteiger partial charge on any atom is -0.480 e. The lowest BCUT2D eigenvalue weighted by Crippen LogP contribution is -2.59. The van der Waals surface area contributed by atoms with Gasteiger partial charge >= 0.3 is 5.97 Å². The van der Waals surface area contributed by atoms with E-state index in [0.717, 1.165) is 38.8 Å². The molecule has 0 aromatic heterocycles. The van der Waals surface area contributed by atoms with Gasteiger partial charge in [-0.05, 0) is 52.5 Å². The predicted octanol–water partition coefficient (Wildman–Crippen LogP) is 2.27. The molecular formula is C14H25NO3. The summed E-state index contributed by atoms with van der Waals surface area (Å²) < 4.78 is 5.93. The number of ether oxygens (including phenoxy) is 1. The number of nitrogens with zero attached hydrogens (tertiary/aromatic N) is 1. The summed E-state index contributed by atoms with van der Waals surface area (Å²) in [5.74, 6) is -0.737. The van der Waals surface area contributed by atoms with Gasteiger partial charge in [-0.25, -0.2) is 0 Å². The Morgan fingerprint density at radius 1 is 1.50 bits per heavy atom. The van der Waals surface area contributed by atoms with Crippen LogP contribution in [0.2, 0.25) is 0 Å². The maximum absolute atomic E-state index is 11.4. The molecule has 1 N–H and O–H groups in total. The lowest BCUT2D eigenvalue weighted by atomic mass is 9.73. The van der Waals surface area contributed by atoms with Gasteiger partial charge in [0.25, 0.3) is 0 Å². The number of carbonyl (C=O) groups is 1. The minimum atomic E-state index is -0.790. The van der Waals surface area contributed by atoms with E-state index in [1.165, 1.54) is 6.42 Å². The quantitative estimate of drug-likeness (QED) is 0.837.